The number of nitrogens with two attached hydrogens (primary N) is 1. The van der Waals surface area contributed by atoms with E-state index in [9.17, 15) is 0 Å². The Morgan fingerprint density at radius 1 is 1.28 bits per heavy atom. The summed E-state index contributed by atoms with van der Waals surface area (Å²) >= 11 is 0. The van der Waals surface area contributed by atoms with E-state index >= 15 is 0 Å². The second-order valence-corrected chi connectivity index (χ2v) is 3.74. The summed E-state index contributed by atoms with van der Waals surface area (Å²) in [5, 5.41) is 7.30. The topological polar surface area (TPSA) is 84.9 Å². The fourth-order valence-electron chi connectivity index (χ4n) is 1.44. The van der Waals surface area contributed by atoms with Crippen LogP contribution < -0.4 is 10.5 Å². The maximum Gasteiger partial charge on any atom is 0.322 e. The molecule has 1 aromatic carbocycles. The number of nitrogen functional groups attached to an aromatic ring is 1. The molecule has 0 amide bonds. The number of aryl methyl sites for hydroxylation is 1. The molecule has 0 bridgehead atoms. The zero-order chi connectivity index (χ0) is 13.0. The summed E-state index contributed by atoms with van der Waals surface area (Å²) < 4.78 is 5.49. The molecule has 0 saturated carbocycles. The second-order valence-electron chi connectivity index (χ2n) is 3.74. The van der Waals surface area contributed by atoms with Crippen molar-refractivity contribution in [1.82, 2.24) is 9.97 Å². The Bertz CT molecular complexity index is 551. The maximum atomic E-state index is 7.30. The molecule has 18 heavy (non-hydrogen) atoms. The number of benzene rings is 1. The lowest BCUT2D eigenvalue weighted by molar-refractivity contribution is 0.441. The molecule has 5 nitrogen and oxygen atoms in total. The zero-order valence-corrected chi connectivity index (χ0v) is 10.1. The van der Waals surface area contributed by atoms with Crippen molar-refractivity contribution in [3.8, 4) is 11.8 Å². The van der Waals surface area contributed by atoms with Crippen molar-refractivity contribution in [2.24, 2.45) is 5.73 Å². The Hall–Kier alpha value is -2.43. The number of aromatic nitrogens is 2. The van der Waals surface area contributed by atoms with Crippen LogP contribution in [0.1, 0.15) is 18.2 Å². The number of hydrogen-bond acceptors (Lipinski definition) is 4. The van der Waals surface area contributed by atoms with E-state index in [0.717, 1.165) is 6.42 Å². The molecular formula is C13H14N4O. The predicted molar refractivity (Wildman–Crippen MR) is 68.9 cm³/mol. The van der Waals surface area contributed by atoms with Crippen molar-refractivity contribution in [2.45, 2.75) is 13.3 Å². The van der Waals surface area contributed by atoms with Gasteiger partial charge in [-0.05, 0) is 30.2 Å². The van der Waals surface area contributed by atoms with Crippen LogP contribution in [0.15, 0.2) is 36.5 Å². The zero-order valence-electron chi connectivity index (χ0n) is 10.1. The van der Waals surface area contributed by atoms with E-state index < -0.39 is 0 Å². The summed E-state index contributed by atoms with van der Waals surface area (Å²) in [5.41, 5.74) is 6.94. The van der Waals surface area contributed by atoms with Crippen LogP contribution in [0, 0.1) is 5.41 Å². The van der Waals surface area contributed by atoms with Gasteiger partial charge in [-0.25, -0.2) is 4.98 Å². The van der Waals surface area contributed by atoms with Gasteiger partial charge in [0, 0.05) is 6.20 Å². The van der Waals surface area contributed by atoms with Crippen LogP contribution in [0.25, 0.3) is 0 Å². The lowest BCUT2D eigenvalue weighted by Crippen LogP contribution is -2.13. The van der Waals surface area contributed by atoms with Gasteiger partial charge in [-0.1, -0.05) is 19.1 Å². The molecule has 1 aromatic heterocycles. The Morgan fingerprint density at radius 3 is 2.61 bits per heavy atom. The van der Waals surface area contributed by atoms with Crippen LogP contribution in [-0.2, 0) is 6.42 Å². The highest BCUT2D eigenvalue weighted by molar-refractivity contribution is 5.92. The van der Waals surface area contributed by atoms with Crippen molar-refractivity contribution in [1.29, 1.82) is 5.41 Å². The number of nitrogens with zero attached hydrogens (tertiary/aromatic N) is 2. The molecular weight excluding hydrogens is 228 g/mol. The fourth-order valence-corrected chi connectivity index (χ4v) is 1.44. The molecule has 2 aromatic rings. The summed E-state index contributed by atoms with van der Waals surface area (Å²) in [6.07, 6.45) is 2.50. The van der Waals surface area contributed by atoms with Gasteiger partial charge < -0.3 is 10.5 Å². The minimum Gasteiger partial charge on any atom is -0.424 e. The minimum absolute atomic E-state index is 0.108. The fraction of sp³-hybridized carbons (Fsp3) is 0.154. The number of ether oxygens (including phenoxy) is 1. The molecule has 5 heteroatoms. The molecule has 0 aliphatic heterocycles. The first-order chi connectivity index (χ1) is 8.69. The molecule has 0 atom stereocenters. The van der Waals surface area contributed by atoms with E-state index in [1.165, 1.54) is 11.8 Å². The van der Waals surface area contributed by atoms with Gasteiger partial charge in [-0.2, -0.15) is 4.98 Å². The molecule has 1 heterocycles. The van der Waals surface area contributed by atoms with Crippen LogP contribution in [-0.4, -0.2) is 15.8 Å². The lowest BCUT2D eigenvalue weighted by Gasteiger charge is -2.05. The van der Waals surface area contributed by atoms with Gasteiger partial charge in [0.05, 0.1) is 0 Å². The standard InChI is InChI=1S/C13H14N4O/c1-2-9-3-5-10(6-4-9)18-13-16-8-7-11(17-13)12(14)15/h3-8H,2H2,1H3,(H3,14,15). The predicted octanol–water partition coefficient (Wildman–Crippen LogP) is 2.12. The van der Waals surface area contributed by atoms with E-state index in [-0.39, 0.29) is 11.8 Å². The number of nitrogens with one attached hydrogen (secondary N) is 1. The van der Waals surface area contributed by atoms with Crippen LogP contribution in [0.2, 0.25) is 0 Å². The number of rotatable bonds is 4. The third-order valence-corrected chi connectivity index (χ3v) is 2.45. The highest BCUT2D eigenvalue weighted by Gasteiger charge is 2.04. The van der Waals surface area contributed by atoms with E-state index in [1.807, 2.05) is 24.3 Å². The molecule has 0 spiro atoms. The van der Waals surface area contributed by atoms with Crippen molar-refractivity contribution in [3.05, 3.63) is 47.8 Å². The van der Waals surface area contributed by atoms with Crippen LogP contribution >= 0.6 is 0 Å². The Labute approximate surface area is 105 Å². The SMILES string of the molecule is CCc1ccc(Oc2nccc(C(=N)N)n2)cc1. The van der Waals surface area contributed by atoms with Gasteiger partial charge in [0.1, 0.15) is 17.3 Å². The Morgan fingerprint density at radius 2 is 2.00 bits per heavy atom. The van der Waals surface area contributed by atoms with Gasteiger partial charge in [0.25, 0.3) is 0 Å². The average Bonchev–Trinajstić information content (AvgIpc) is 2.40. The minimum atomic E-state index is -0.108. The van der Waals surface area contributed by atoms with Gasteiger partial charge >= 0.3 is 6.01 Å². The maximum absolute atomic E-state index is 7.30. The van der Waals surface area contributed by atoms with Crippen molar-refractivity contribution < 1.29 is 4.74 Å². The first-order valence-corrected chi connectivity index (χ1v) is 5.63. The summed E-state index contributed by atoms with van der Waals surface area (Å²) in [7, 11) is 0. The molecule has 92 valence electrons. The van der Waals surface area contributed by atoms with Crippen LogP contribution in [0.5, 0.6) is 11.8 Å². The first kappa shape index (κ1) is 12.0. The van der Waals surface area contributed by atoms with Crippen LogP contribution in [0.4, 0.5) is 0 Å². The van der Waals surface area contributed by atoms with Crippen molar-refractivity contribution in [3.63, 3.8) is 0 Å². The quantitative estimate of drug-likeness (QED) is 0.635. The Balaban J connectivity index is 2.17. The van der Waals surface area contributed by atoms with Crippen molar-refractivity contribution in [2.75, 3.05) is 0 Å². The molecule has 2 rings (SSSR count). The number of hydrogen-bond donors (Lipinski definition) is 2. The highest BCUT2D eigenvalue weighted by atomic mass is 16.5. The van der Waals surface area contributed by atoms with Gasteiger partial charge in [0.15, 0.2) is 0 Å². The number of amidine groups is 1. The van der Waals surface area contributed by atoms with Crippen LogP contribution in [0.3, 0.4) is 0 Å². The first-order valence-electron chi connectivity index (χ1n) is 5.63. The third-order valence-electron chi connectivity index (χ3n) is 2.45. The Kier molecular flexibility index (Phi) is 3.52. The van der Waals surface area contributed by atoms with Gasteiger partial charge in [-0.15, -0.1) is 0 Å². The molecule has 0 unspecified atom stereocenters. The summed E-state index contributed by atoms with van der Waals surface area (Å²) in [6, 6.07) is 9.46. The molecule has 0 saturated heterocycles. The second kappa shape index (κ2) is 5.27. The highest BCUT2D eigenvalue weighted by Crippen LogP contribution is 2.18. The normalized spacial score (nSPS) is 10.1. The molecule has 0 aliphatic carbocycles. The average molecular weight is 242 g/mol. The summed E-state index contributed by atoms with van der Waals surface area (Å²) in [6.45, 7) is 2.09. The van der Waals surface area contributed by atoms with E-state index in [0.29, 0.717) is 11.4 Å². The lowest BCUT2D eigenvalue weighted by atomic mass is 10.2. The third kappa shape index (κ3) is 2.82. The summed E-state index contributed by atoms with van der Waals surface area (Å²) in [4.78, 5) is 8.00. The smallest absolute Gasteiger partial charge is 0.322 e. The monoisotopic (exact) mass is 242 g/mol. The van der Waals surface area contributed by atoms with Gasteiger partial charge in [-0.3, -0.25) is 5.41 Å². The summed E-state index contributed by atoms with van der Waals surface area (Å²) in [5.74, 6) is 0.552. The largest absolute Gasteiger partial charge is 0.424 e. The molecule has 3 N–H and O–H groups in total. The van der Waals surface area contributed by atoms with E-state index in [1.54, 1.807) is 6.07 Å². The molecule has 0 aliphatic rings. The van der Waals surface area contributed by atoms with E-state index in [4.69, 9.17) is 15.9 Å². The van der Waals surface area contributed by atoms with E-state index in [2.05, 4.69) is 16.9 Å². The molecule has 0 radical (unpaired) electrons. The molecule has 0 fully saturated rings. The van der Waals surface area contributed by atoms with Crippen molar-refractivity contribution >= 4 is 5.84 Å². The van der Waals surface area contributed by atoms with Gasteiger partial charge in [0.2, 0.25) is 0 Å².